The van der Waals surface area contributed by atoms with Crippen LogP contribution in [0.1, 0.15) is 44.4 Å². The van der Waals surface area contributed by atoms with E-state index in [1.807, 2.05) is 48.5 Å². The Bertz CT molecular complexity index is 1740. The molecule has 1 unspecified atom stereocenters. The van der Waals surface area contributed by atoms with Crippen LogP contribution in [0.2, 0.25) is 0 Å². The van der Waals surface area contributed by atoms with Gasteiger partial charge in [0, 0.05) is 53.6 Å². The molecule has 6 rings (SSSR count). The van der Waals surface area contributed by atoms with Gasteiger partial charge in [0.2, 0.25) is 5.72 Å². The number of anilines is 2. The normalized spacial score (nSPS) is 18.8. The van der Waals surface area contributed by atoms with Gasteiger partial charge in [-0.1, -0.05) is 18.2 Å². The van der Waals surface area contributed by atoms with Crippen LogP contribution in [-0.2, 0) is 12.0 Å². The number of nitro benzene ring substituents is 1. The molecule has 0 aliphatic carbocycles. The highest BCUT2D eigenvalue weighted by atomic mass is 16.6. The highest BCUT2D eigenvalue weighted by molar-refractivity contribution is 5.82. The zero-order valence-corrected chi connectivity index (χ0v) is 23.0. The Morgan fingerprint density at radius 2 is 1.82 bits per heavy atom. The van der Waals surface area contributed by atoms with E-state index in [9.17, 15) is 14.9 Å². The Morgan fingerprint density at radius 3 is 2.58 bits per heavy atom. The smallest absolute Gasteiger partial charge is 0.343 e. The van der Waals surface area contributed by atoms with Gasteiger partial charge in [0.15, 0.2) is 0 Å². The van der Waals surface area contributed by atoms with Gasteiger partial charge in [0.05, 0.1) is 22.4 Å². The first-order chi connectivity index (χ1) is 19.2. The minimum absolute atomic E-state index is 0.0232. The third-order valence-electron chi connectivity index (χ3n) is 8.38. The van der Waals surface area contributed by atoms with Gasteiger partial charge in [-0.3, -0.25) is 10.1 Å². The predicted octanol–water partition coefficient (Wildman–Crippen LogP) is 6.65. The molecule has 40 heavy (non-hydrogen) atoms. The predicted molar refractivity (Wildman–Crippen MR) is 157 cm³/mol. The lowest BCUT2D eigenvalue weighted by Crippen LogP contribution is -2.60. The molecular weight excluding hydrogens is 506 g/mol. The van der Waals surface area contributed by atoms with E-state index in [0.717, 1.165) is 41.0 Å². The highest BCUT2D eigenvalue weighted by Gasteiger charge is 2.59. The zero-order valence-electron chi connectivity index (χ0n) is 23.0. The second-order valence-electron chi connectivity index (χ2n) is 10.8. The van der Waals surface area contributed by atoms with Gasteiger partial charge in [-0.2, -0.15) is 0 Å². The minimum atomic E-state index is -0.978. The van der Waals surface area contributed by atoms with Crippen molar-refractivity contribution < 1.29 is 14.1 Å². The van der Waals surface area contributed by atoms with E-state index in [4.69, 9.17) is 9.15 Å². The second kappa shape index (κ2) is 9.26. The number of nitrogens with zero attached hydrogens (tertiary/aromatic N) is 3. The second-order valence-corrected chi connectivity index (χ2v) is 10.8. The Hall–Kier alpha value is -4.59. The summed E-state index contributed by atoms with van der Waals surface area (Å²) in [6, 6.07) is 20.6. The fourth-order valence-corrected chi connectivity index (χ4v) is 6.13. The molecule has 0 fully saturated rings. The van der Waals surface area contributed by atoms with Gasteiger partial charge in [-0.05, 0) is 75.7 Å². The molecule has 0 saturated carbocycles. The zero-order chi connectivity index (χ0) is 28.2. The standard InChI is InChI=1S/C32H31N3O5/c1-5-33(6-2)24-12-11-21-17-22(30(36)39-29(21)19-24)15-16-32-31(3,4)26-9-7-8-10-27(26)34(32)20-23-18-25(35(37)38)13-14-28(23)40-32/h7-19H,5-6,20H2,1-4H3/b16-15+. The van der Waals surface area contributed by atoms with Crippen molar-refractivity contribution >= 4 is 34.1 Å². The van der Waals surface area contributed by atoms with E-state index in [-0.39, 0.29) is 5.69 Å². The largest absolute Gasteiger partial charge is 0.463 e. The highest BCUT2D eigenvalue weighted by Crippen LogP contribution is 2.56. The summed E-state index contributed by atoms with van der Waals surface area (Å²) in [5.74, 6) is 0.585. The van der Waals surface area contributed by atoms with Crippen molar-refractivity contribution in [2.75, 3.05) is 22.9 Å². The van der Waals surface area contributed by atoms with E-state index < -0.39 is 21.7 Å². The molecule has 4 aromatic rings. The number of hydrogen-bond acceptors (Lipinski definition) is 7. The molecule has 0 amide bonds. The van der Waals surface area contributed by atoms with Crippen LogP contribution in [0.15, 0.2) is 82.0 Å². The van der Waals surface area contributed by atoms with E-state index in [1.54, 1.807) is 18.2 Å². The van der Waals surface area contributed by atoms with E-state index in [1.165, 1.54) is 6.07 Å². The molecule has 0 radical (unpaired) electrons. The first-order valence-electron chi connectivity index (χ1n) is 13.5. The maximum Gasteiger partial charge on any atom is 0.343 e. The summed E-state index contributed by atoms with van der Waals surface area (Å²) < 4.78 is 12.5. The maximum absolute atomic E-state index is 13.1. The fourth-order valence-electron chi connectivity index (χ4n) is 6.13. The van der Waals surface area contributed by atoms with E-state index in [0.29, 0.717) is 23.4 Å². The summed E-state index contributed by atoms with van der Waals surface area (Å²) in [6.45, 7) is 10.6. The summed E-state index contributed by atoms with van der Waals surface area (Å²) in [6.07, 6.45) is 3.71. The molecule has 3 aromatic carbocycles. The monoisotopic (exact) mass is 537 g/mol. The van der Waals surface area contributed by atoms with Crippen LogP contribution in [0.3, 0.4) is 0 Å². The van der Waals surface area contributed by atoms with Gasteiger partial charge in [-0.15, -0.1) is 0 Å². The molecule has 8 heteroatoms. The van der Waals surface area contributed by atoms with E-state index >= 15 is 0 Å². The summed E-state index contributed by atoms with van der Waals surface area (Å²) >= 11 is 0. The quantitative estimate of drug-likeness (QED) is 0.155. The van der Waals surface area contributed by atoms with E-state index in [2.05, 4.69) is 43.6 Å². The Morgan fingerprint density at radius 1 is 1.05 bits per heavy atom. The summed E-state index contributed by atoms with van der Waals surface area (Å²) in [5, 5.41) is 12.3. The van der Waals surface area contributed by atoms with Crippen molar-refractivity contribution in [3.05, 3.63) is 110 Å². The molecule has 0 spiro atoms. The number of para-hydroxylation sites is 1. The van der Waals surface area contributed by atoms with Crippen LogP contribution in [-0.4, -0.2) is 23.7 Å². The molecule has 204 valence electrons. The third kappa shape index (κ3) is 3.78. The third-order valence-corrected chi connectivity index (χ3v) is 8.38. The van der Waals surface area contributed by atoms with Gasteiger partial charge in [0.25, 0.3) is 5.69 Å². The fraction of sp³-hybridized carbons (Fsp3) is 0.281. The molecule has 0 saturated heterocycles. The molecule has 1 atom stereocenters. The number of ether oxygens (including phenoxy) is 1. The average molecular weight is 538 g/mol. The first-order valence-corrected chi connectivity index (χ1v) is 13.5. The number of non-ortho nitro benzene ring substituents is 1. The number of rotatable bonds is 6. The van der Waals surface area contributed by atoms with Gasteiger partial charge in [-0.25, -0.2) is 4.79 Å². The van der Waals surface area contributed by atoms with Crippen molar-refractivity contribution in [2.45, 2.75) is 45.4 Å². The van der Waals surface area contributed by atoms with Crippen LogP contribution in [0.25, 0.3) is 17.0 Å². The number of hydrogen-bond donors (Lipinski definition) is 0. The Labute approximate surface area is 232 Å². The molecule has 2 aliphatic heterocycles. The van der Waals surface area contributed by atoms with Crippen molar-refractivity contribution in [3.8, 4) is 5.75 Å². The molecule has 0 bridgehead atoms. The van der Waals surface area contributed by atoms with Crippen LogP contribution >= 0.6 is 0 Å². The maximum atomic E-state index is 13.1. The van der Waals surface area contributed by atoms with Crippen LogP contribution < -0.4 is 20.2 Å². The first kappa shape index (κ1) is 25.7. The van der Waals surface area contributed by atoms with Crippen molar-refractivity contribution in [2.24, 2.45) is 0 Å². The Kier molecular flexibility index (Phi) is 5.94. The molecular formula is C32H31N3O5. The van der Waals surface area contributed by atoms with Crippen LogP contribution in [0.5, 0.6) is 5.75 Å². The lowest BCUT2D eigenvalue weighted by molar-refractivity contribution is -0.385. The Balaban J connectivity index is 1.46. The average Bonchev–Trinajstić information content (AvgIpc) is 3.14. The summed E-state index contributed by atoms with van der Waals surface area (Å²) in [4.78, 5) is 28.5. The number of nitro groups is 1. The number of benzene rings is 3. The molecule has 2 aliphatic rings. The lowest BCUT2D eigenvalue weighted by atomic mass is 9.76. The molecule has 3 heterocycles. The molecule has 1 aromatic heterocycles. The number of fused-ring (bicyclic) bond motifs is 5. The van der Waals surface area contributed by atoms with Gasteiger partial charge in [0.1, 0.15) is 11.3 Å². The van der Waals surface area contributed by atoms with Crippen molar-refractivity contribution in [1.82, 2.24) is 0 Å². The summed E-state index contributed by atoms with van der Waals surface area (Å²) in [7, 11) is 0. The topological polar surface area (TPSA) is 89.1 Å². The summed E-state index contributed by atoms with van der Waals surface area (Å²) in [5.41, 5.74) is 2.90. The van der Waals surface area contributed by atoms with Crippen molar-refractivity contribution in [1.29, 1.82) is 0 Å². The van der Waals surface area contributed by atoms with Crippen LogP contribution in [0.4, 0.5) is 17.1 Å². The van der Waals surface area contributed by atoms with Crippen LogP contribution in [0, 0.1) is 10.1 Å². The van der Waals surface area contributed by atoms with Gasteiger partial charge < -0.3 is 19.0 Å². The molecule has 8 nitrogen and oxygen atoms in total. The SMILES string of the molecule is CCN(CC)c1ccc2cc(/C=C/C34Oc5ccc([N+](=O)[O-])cc5CN3c3ccccc3C4(C)C)c(=O)oc2c1. The van der Waals surface area contributed by atoms with Gasteiger partial charge >= 0.3 is 5.63 Å². The lowest BCUT2D eigenvalue weighted by Gasteiger charge is -2.48. The minimum Gasteiger partial charge on any atom is -0.463 e. The van der Waals surface area contributed by atoms with Crippen molar-refractivity contribution in [3.63, 3.8) is 0 Å². The molecule has 0 N–H and O–H groups in total.